The number of hydrogen-bond donors (Lipinski definition) is 1. The highest BCUT2D eigenvalue weighted by Crippen LogP contribution is 2.14. The summed E-state index contributed by atoms with van der Waals surface area (Å²) in [5.74, 6) is -1.04. The van der Waals surface area contributed by atoms with E-state index in [-0.39, 0.29) is 5.69 Å². The molecule has 2 aromatic heterocycles. The van der Waals surface area contributed by atoms with Gasteiger partial charge in [-0.1, -0.05) is 5.21 Å². The van der Waals surface area contributed by atoms with Gasteiger partial charge in [-0.15, -0.1) is 16.4 Å². The van der Waals surface area contributed by atoms with Crippen molar-refractivity contribution in [3.05, 3.63) is 27.5 Å². The van der Waals surface area contributed by atoms with Crippen LogP contribution in [0.15, 0.2) is 5.51 Å². The number of nitrogens with zero attached hydrogens (tertiary/aromatic N) is 4. The van der Waals surface area contributed by atoms with Crippen molar-refractivity contribution < 1.29 is 9.90 Å². The number of aromatic nitrogens is 4. The van der Waals surface area contributed by atoms with Gasteiger partial charge in [-0.2, -0.15) is 0 Å². The molecular weight excluding hydrogens is 240 g/mol. The Kier molecular flexibility index (Phi) is 3.19. The number of thiazole rings is 1. The van der Waals surface area contributed by atoms with Crippen molar-refractivity contribution >= 4 is 17.3 Å². The number of hydrogen-bond acceptors (Lipinski definition) is 5. The topological polar surface area (TPSA) is 80.9 Å². The van der Waals surface area contributed by atoms with Crippen LogP contribution in [0.5, 0.6) is 0 Å². The number of aryl methyl sites for hydroxylation is 3. The molecule has 0 aliphatic heterocycles. The van der Waals surface area contributed by atoms with Crippen LogP contribution in [0, 0.1) is 13.8 Å². The normalized spacial score (nSPS) is 10.7. The van der Waals surface area contributed by atoms with E-state index in [2.05, 4.69) is 15.3 Å². The SMILES string of the molecule is Cc1ncsc1CCn1nnc(C(=O)O)c1C. The molecule has 0 saturated carbocycles. The van der Waals surface area contributed by atoms with Gasteiger partial charge in [0.2, 0.25) is 0 Å². The lowest BCUT2D eigenvalue weighted by Crippen LogP contribution is -2.06. The molecule has 0 aliphatic carbocycles. The van der Waals surface area contributed by atoms with Gasteiger partial charge in [0.15, 0.2) is 5.69 Å². The Balaban J connectivity index is 2.10. The van der Waals surface area contributed by atoms with Crippen LogP contribution in [0.2, 0.25) is 0 Å². The average molecular weight is 252 g/mol. The lowest BCUT2D eigenvalue weighted by atomic mass is 10.3. The third-order valence-electron chi connectivity index (χ3n) is 2.58. The first-order valence-electron chi connectivity index (χ1n) is 5.12. The lowest BCUT2D eigenvalue weighted by molar-refractivity contribution is 0.0689. The summed E-state index contributed by atoms with van der Waals surface area (Å²) in [6.07, 6.45) is 0.791. The molecule has 6 nitrogen and oxygen atoms in total. The van der Waals surface area contributed by atoms with Crippen LogP contribution in [0.1, 0.15) is 26.8 Å². The largest absolute Gasteiger partial charge is 0.476 e. The molecule has 0 bridgehead atoms. The third-order valence-corrected chi connectivity index (χ3v) is 3.58. The zero-order chi connectivity index (χ0) is 12.4. The number of aromatic carboxylic acids is 1. The maximum atomic E-state index is 10.8. The lowest BCUT2D eigenvalue weighted by Gasteiger charge is -2.02. The predicted molar refractivity (Wildman–Crippen MR) is 62.3 cm³/mol. The predicted octanol–water partition coefficient (Wildman–Crippen LogP) is 1.29. The minimum Gasteiger partial charge on any atom is -0.476 e. The van der Waals surface area contributed by atoms with E-state index in [4.69, 9.17) is 5.11 Å². The van der Waals surface area contributed by atoms with E-state index in [0.29, 0.717) is 12.2 Å². The molecule has 0 unspecified atom stereocenters. The number of carboxylic acid groups (broad SMARTS) is 1. The van der Waals surface area contributed by atoms with Crippen LogP contribution >= 0.6 is 11.3 Å². The van der Waals surface area contributed by atoms with Crippen LogP contribution in [-0.4, -0.2) is 31.1 Å². The quantitative estimate of drug-likeness (QED) is 0.886. The summed E-state index contributed by atoms with van der Waals surface area (Å²) in [5, 5.41) is 16.3. The molecule has 1 N–H and O–H groups in total. The number of carbonyl (C=O) groups is 1. The molecule has 17 heavy (non-hydrogen) atoms. The molecule has 0 fully saturated rings. The van der Waals surface area contributed by atoms with E-state index in [1.54, 1.807) is 22.9 Å². The molecule has 90 valence electrons. The van der Waals surface area contributed by atoms with Crippen molar-refractivity contribution in [2.24, 2.45) is 0 Å². The summed E-state index contributed by atoms with van der Waals surface area (Å²) in [5.41, 5.74) is 3.43. The fraction of sp³-hybridized carbons (Fsp3) is 0.400. The highest BCUT2D eigenvalue weighted by molar-refractivity contribution is 7.09. The second kappa shape index (κ2) is 4.62. The summed E-state index contributed by atoms with van der Waals surface area (Å²) in [6, 6.07) is 0. The fourth-order valence-electron chi connectivity index (χ4n) is 1.54. The molecule has 0 aromatic carbocycles. The Morgan fingerprint density at radius 3 is 2.82 bits per heavy atom. The monoisotopic (exact) mass is 252 g/mol. The Labute approximate surface area is 102 Å². The van der Waals surface area contributed by atoms with Crippen LogP contribution in [0.4, 0.5) is 0 Å². The average Bonchev–Trinajstić information content (AvgIpc) is 2.82. The van der Waals surface area contributed by atoms with E-state index in [9.17, 15) is 4.79 Å². The zero-order valence-corrected chi connectivity index (χ0v) is 10.4. The molecule has 0 aliphatic rings. The third kappa shape index (κ3) is 2.33. The maximum absolute atomic E-state index is 10.8. The molecule has 2 aromatic rings. The van der Waals surface area contributed by atoms with Crippen LogP contribution < -0.4 is 0 Å². The molecule has 7 heteroatoms. The first kappa shape index (κ1) is 11.7. The molecule has 0 radical (unpaired) electrons. The molecular formula is C10H12N4O2S. The zero-order valence-electron chi connectivity index (χ0n) is 9.54. The summed E-state index contributed by atoms with van der Waals surface area (Å²) < 4.78 is 1.61. The van der Waals surface area contributed by atoms with Crippen molar-refractivity contribution in [2.45, 2.75) is 26.8 Å². The van der Waals surface area contributed by atoms with Crippen molar-refractivity contribution in [3.63, 3.8) is 0 Å². The molecule has 0 spiro atoms. The molecule has 0 atom stereocenters. The van der Waals surface area contributed by atoms with Gasteiger partial charge in [0.25, 0.3) is 0 Å². The van der Waals surface area contributed by atoms with Crippen LogP contribution in [0.25, 0.3) is 0 Å². The van der Waals surface area contributed by atoms with E-state index in [0.717, 1.165) is 12.1 Å². The standard InChI is InChI=1S/C10H12N4O2S/c1-6-8(17-5-11-6)3-4-14-7(2)9(10(15)16)12-13-14/h5H,3-4H2,1-2H3,(H,15,16). The highest BCUT2D eigenvalue weighted by Gasteiger charge is 2.15. The Hall–Kier alpha value is -1.76. The summed E-state index contributed by atoms with van der Waals surface area (Å²) in [6.45, 7) is 4.29. The van der Waals surface area contributed by atoms with Crippen molar-refractivity contribution in [3.8, 4) is 0 Å². The van der Waals surface area contributed by atoms with Gasteiger partial charge in [0.1, 0.15) is 0 Å². The second-order valence-corrected chi connectivity index (χ2v) is 4.60. The van der Waals surface area contributed by atoms with E-state index < -0.39 is 5.97 Å². The van der Waals surface area contributed by atoms with Crippen LogP contribution in [-0.2, 0) is 13.0 Å². The fourth-order valence-corrected chi connectivity index (χ4v) is 2.31. The number of carboxylic acids is 1. The van der Waals surface area contributed by atoms with Gasteiger partial charge >= 0.3 is 5.97 Å². The van der Waals surface area contributed by atoms with Crippen molar-refractivity contribution in [1.29, 1.82) is 0 Å². The van der Waals surface area contributed by atoms with Gasteiger partial charge in [-0.3, -0.25) is 0 Å². The van der Waals surface area contributed by atoms with Gasteiger partial charge in [0, 0.05) is 17.8 Å². The van der Waals surface area contributed by atoms with Crippen molar-refractivity contribution in [2.75, 3.05) is 0 Å². The van der Waals surface area contributed by atoms with E-state index in [1.165, 1.54) is 4.88 Å². The van der Waals surface area contributed by atoms with Crippen molar-refractivity contribution in [1.82, 2.24) is 20.0 Å². The first-order valence-corrected chi connectivity index (χ1v) is 6.00. The molecule has 0 saturated heterocycles. The van der Waals surface area contributed by atoms with E-state index >= 15 is 0 Å². The highest BCUT2D eigenvalue weighted by atomic mass is 32.1. The molecule has 0 amide bonds. The van der Waals surface area contributed by atoms with Gasteiger partial charge in [0.05, 0.1) is 16.9 Å². The number of rotatable bonds is 4. The van der Waals surface area contributed by atoms with Gasteiger partial charge < -0.3 is 5.11 Å². The summed E-state index contributed by atoms with van der Waals surface area (Å²) in [4.78, 5) is 16.2. The summed E-state index contributed by atoms with van der Waals surface area (Å²) in [7, 11) is 0. The first-order chi connectivity index (χ1) is 8.09. The molecule has 2 rings (SSSR count). The Morgan fingerprint density at radius 1 is 1.53 bits per heavy atom. The van der Waals surface area contributed by atoms with Crippen LogP contribution in [0.3, 0.4) is 0 Å². The second-order valence-electron chi connectivity index (χ2n) is 3.66. The van der Waals surface area contributed by atoms with E-state index in [1.807, 2.05) is 12.4 Å². The minimum absolute atomic E-state index is 0.0195. The minimum atomic E-state index is -1.04. The maximum Gasteiger partial charge on any atom is 0.358 e. The molecule has 2 heterocycles. The van der Waals surface area contributed by atoms with Gasteiger partial charge in [-0.25, -0.2) is 14.5 Å². The Morgan fingerprint density at radius 2 is 2.29 bits per heavy atom. The smallest absolute Gasteiger partial charge is 0.358 e. The van der Waals surface area contributed by atoms with Gasteiger partial charge in [-0.05, 0) is 13.8 Å². The summed E-state index contributed by atoms with van der Waals surface area (Å²) >= 11 is 1.60. The Bertz CT molecular complexity index is 546.